The Morgan fingerprint density at radius 2 is 1.87 bits per heavy atom. The highest BCUT2D eigenvalue weighted by Gasteiger charge is 2.20. The number of anilines is 1. The van der Waals surface area contributed by atoms with Gasteiger partial charge in [0.25, 0.3) is 11.6 Å². The van der Waals surface area contributed by atoms with Crippen molar-refractivity contribution >= 4 is 61.5 Å². The first kappa shape index (κ1) is 15.7. The number of aromatic nitrogens is 1. The minimum absolute atomic E-state index is 0.0473. The molecule has 3 aromatic rings. The minimum Gasteiger partial charge on any atom is -0.298 e. The van der Waals surface area contributed by atoms with Crippen LogP contribution in [-0.2, 0) is 0 Å². The molecule has 1 amide bonds. The summed E-state index contributed by atoms with van der Waals surface area (Å²) in [5, 5.41) is 14.7. The van der Waals surface area contributed by atoms with Crippen molar-refractivity contribution in [3.8, 4) is 0 Å². The summed E-state index contributed by atoms with van der Waals surface area (Å²) in [5.74, 6) is -0.622. The lowest BCUT2D eigenvalue weighted by molar-refractivity contribution is -0.385. The molecule has 3 rings (SSSR count). The summed E-state index contributed by atoms with van der Waals surface area (Å²) in [4.78, 5) is 26.9. The van der Waals surface area contributed by atoms with Crippen molar-refractivity contribution in [1.29, 1.82) is 0 Å². The van der Waals surface area contributed by atoms with Gasteiger partial charge in [0.05, 0.1) is 19.7 Å². The van der Waals surface area contributed by atoms with E-state index in [2.05, 4.69) is 10.3 Å². The van der Waals surface area contributed by atoms with Crippen LogP contribution in [0.2, 0.25) is 10.0 Å². The standard InChI is InChI=1S/C14H7Cl2N3O3S/c15-8-5-6-9(16)12-11(8)17-14(23-12)18-13(20)7-3-1-2-4-10(7)19(21)22/h1-6H,(H,17,18,20). The monoisotopic (exact) mass is 367 g/mol. The van der Waals surface area contributed by atoms with Gasteiger partial charge >= 0.3 is 0 Å². The summed E-state index contributed by atoms with van der Waals surface area (Å²) < 4.78 is 0.636. The Bertz CT molecular complexity index is 903. The van der Waals surface area contributed by atoms with Crippen LogP contribution in [0.1, 0.15) is 10.4 Å². The SMILES string of the molecule is O=C(Nc1nc2c(Cl)ccc(Cl)c2s1)c1ccccc1[N+](=O)[O-]. The van der Waals surface area contributed by atoms with Crippen LogP contribution < -0.4 is 5.32 Å². The van der Waals surface area contributed by atoms with Crippen LogP contribution in [0.5, 0.6) is 0 Å². The van der Waals surface area contributed by atoms with E-state index in [1.807, 2.05) is 0 Å². The van der Waals surface area contributed by atoms with E-state index in [9.17, 15) is 14.9 Å². The van der Waals surface area contributed by atoms with E-state index in [-0.39, 0.29) is 16.4 Å². The number of carbonyl (C=O) groups is 1. The number of hydrogen-bond donors (Lipinski definition) is 1. The largest absolute Gasteiger partial charge is 0.298 e. The first-order chi connectivity index (χ1) is 11.0. The number of nitro benzene ring substituents is 1. The number of nitro groups is 1. The van der Waals surface area contributed by atoms with Crippen molar-refractivity contribution in [2.75, 3.05) is 5.32 Å². The maximum Gasteiger partial charge on any atom is 0.282 e. The number of halogens is 2. The summed E-state index contributed by atoms with van der Waals surface area (Å²) >= 11 is 13.3. The third kappa shape index (κ3) is 2.98. The lowest BCUT2D eigenvalue weighted by atomic mass is 10.1. The molecule has 0 saturated heterocycles. The number of carbonyl (C=O) groups excluding carboxylic acids is 1. The first-order valence-electron chi connectivity index (χ1n) is 6.26. The second kappa shape index (κ2) is 6.11. The van der Waals surface area contributed by atoms with Gasteiger partial charge < -0.3 is 0 Å². The van der Waals surface area contributed by atoms with Crippen molar-refractivity contribution in [3.63, 3.8) is 0 Å². The quantitative estimate of drug-likeness (QED) is 0.533. The van der Waals surface area contributed by atoms with E-state index in [0.717, 1.165) is 11.3 Å². The van der Waals surface area contributed by atoms with Crippen molar-refractivity contribution in [3.05, 3.63) is 62.1 Å². The molecule has 0 atom stereocenters. The van der Waals surface area contributed by atoms with Crippen LogP contribution in [-0.4, -0.2) is 15.8 Å². The number of nitrogens with zero attached hydrogens (tertiary/aromatic N) is 2. The fourth-order valence-corrected chi connectivity index (χ4v) is 3.40. The van der Waals surface area contributed by atoms with Crippen LogP contribution in [0.3, 0.4) is 0 Å². The number of hydrogen-bond acceptors (Lipinski definition) is 5. The number of thiazole rings is 1. The summed E-state index contributed by atoms with van der Waals surface area (Å²) in [5.41, 5.74) is 0.151. The van der Waals surface area contributed by atoms with Crippen LogP contribution >= 0.6 is 34.5 Å². The molecule has 0 spiro atoms. The summed E-state index contributed by atoms with van der Waals surface area (Å²) in [6, 6.07) is 8.93. The molecule has 0 fully saturated rings. The average Bonchev–Trinajstić information content (AvgIpc) is 2.96. The molecule has 23 heavy (non-hydrogen) atoms. The number of amides is 1. The molecular weight excluding hydrogens is 361 g/mol. The van der Waals surface area contributed by atoms with E-state index in [4.69, 9.17) is 23.2 Å². The smallest absolute Gasteiger partial charge is 0.282 e. The van der Waals surface area contributed by atoms with Crippen LogP contribution in [0.25, 0.3) is 10.2 Å². The molecule has 2 aromatic carbocycles. The van der Waals surface area contributed by atoms with Gasteiger partial charge in [0.2, 0.25) is 0 Å². The predicted molar refractivity (Wildman–Crippen MR) is 90.7 cm³/mol. The highest BCUT2D eigenvalue weighted by atomic mass is 35.5. The van der Waals surface area contributed by atoms with Gasteiger partial charge in [-0.25, -0.2) is 4.98 Å². The fraction of sp³-hybridized carbons (Fsp3) is 0. The number of benzene rings is 2. The Morgan fingerprint density at radius 1 is 1.17 bits per heavy atom. The van der Waals surface area contributed by atoms with Crippen molar-refractivity contribution in [1.82, 2.24) is 4.98 Å². The van der Waals surface area contributed by atoms with Gasteiger partial charge in [0.15, 0.2) is 5.13 Å². The molecule has 0 radical (unpaired) electrons. The van der Waals surface area contributed by atoms with Gasteiger partial charge in [-0.2, -0.15) is 0 Å². The number of nitrogens with one attached hydrogen (secondary N) is 1. The lowest BCUT2D eigenvalue weighted by Crippen LogP contribution is -2.13. The van der Waals surface area contributed by atoms with E-state index in [1.165, 1.54) is 18.2 Å². The van der Waals surface area contributed by atoms with Crippen molar-refractivity contribution in [2.45, 2.75) is 0 Å². The molecule has 1 N–H and O–H groups in total. The molecule has 9 heteroatoms. The van der Waals surface area contributed by atoms with Gasteiger partial charge in [-0.3, -0.25) is 20.2 Å². The second-order valence-corrected chi connectivity index (χ2v) is 6.27. The van der Waals surface area contributed by atoms with E-state index < -0.39 is 10.8 Å². The minimum atomic E-state index is -0.622. The molecule has 6 nitrogen and oxygen atoms in total. The lowest BCUT2D eigenvalue weighted by Gasteiger charge is -2.02. The Morgan fingerprint density at radius 3 is 2.57 bits per heavy atom. The van der Waals surface area contributed by atoms with E-state index in [1.54, 1.807) is 18.2 Å². The average molecular weight is 368 g/mol. The molecule has 0 aliphatic heterocycles. The third-order valence-electron chi connectivity index (χ3n) is 3.01. The molecular formula is C14H7Cl2N3O3S. The molecule has 116 valence electrons. The topological polar surface area (TPSA) is 85.1 Å². The summed E-state index contributed by atoms with van der Waals surface area (Å²) in [6.07, 6.45) is 0. The zero-order chi connectivity index (χ0) is 16.6. The van der Waals surface area contributed by atoms with Gasteiger partial charge in [-0.05, 0) is 18.2 Å². The molecule has 0 bridgehead atoms. The second-order valence-electron chi connectivity index (χ2n) is 4.45. The predicted octanol–water partition coefficient (Wildman–Crippen LogP) is 4.76. The van der Waals surface area contributed by atoms with Gasteiger partial charge in [-0.1, -0.05) is 46.7 Å². The molecule has 0 saturated carbocycles. The Labute approximate surface area is 143 Å². The highest BCUT2D eigenvalue weighted by molar-refractivity contribution is 7.23. The van der Waals surface area contributed by atoms with Crippen LogP contribution in [0.15, 0.2) is 36.4 Å². The highest BCUT2D eigenvalue weighted by Crippen LogP contribution is 2.36. The maximum absolute atomic E-state index is 12.3. The number of fused-ring (bicyclic) bond motifs is 1. The molecule has 0 aliphatic rings. The molecule has 1 heterocycles. The fourth-order valence-electron chi connectivity index (χ4n) is 1.99. The molecule has 0 unspecified atom stereocenters. The maximum atomic E-state index is 12.3. The normalized spacial score (nSPS) is 10.7. The third-order valence-corrected chi connectivity index (χ3v) is 4.75. The van der Waals surface area contributed by atoms with Crippen molar-refractivity contribution in [2.24, 2.45) is 0 Å². The zero-order valence-corrected chi connectivity index (χ0v) is 13.6. The van der Waals surface area contributed by atoms with Gasteiger partial charge in [0, 0.05) is 6.07 Å². The van der Waals surface area contributed by atoms with Crippen LogP contribution in [0.4, 0.5) is 10.8 Å². The van der Waals surface area contributed by atoms with Crippen LogP contribution in [0, 0.1) is 10.1 Å². The van der Waals surface area contributed by atoms with Gasteiger partial charge in [-0.15, -0.1) is 0 Å². The summed E-state index contributed by atoms with van der Waals surface area (Å²) in [7, 11) is 0. The molecule has 0 aliphatic carbocycles. The Hall–Kier alpha value is -2.22. The Kier molecular flexibility index (Phi) is 4.16. The molecule has 1 aromatic heterocycles. The number of para-hydroxylation sites is 1. The number of rotatable bonds is 3. The Balaban J connectivity index is 1.97. The van der Waals surface area contributed by atoms with E-state index >= 15 is 0 Å². The summed E-state index contributed by atoms with van der Waals surface area (Å²) in [6.45, 7) is 0. The van der Waals surface area contributed by atoms with Gasteiger partial charge in [0.1, 0.15) is 11.1 Å². The van der Waals surface area contributed by atoms with Crippen molar-refractivity contribution < 1.29 is 9.72 Å². The zero-order valence-electron chi connectivity index (χ0n) is 11.2. The van der Waals surface area contributed by atoms with E-state index in [0.29, 0.717) is 20.3 Å². The first-order valence-corrected chi connectivity index (χ1v) is 7.84.